The summed E-state index contributed by atoms with van der Waals surface area (Å²) in [5.74, 6) is 0.667. The SMILES string of the molecule is C[C@@H](N)C(=O)N1CCCC(c2ccccc2)CC1. The van der Waals surface area contributed by atoms with E-state index in [2.05, 4.69) is 24.3 Å². The fraction of sp³-hybridized carbons (Fsp3) is 0.533. The Morgan fingerprint density at radius 1 is 1.28 bits per heavy atom. The average Bonchev–Trinajstić information content (AvgIpc) is 2.64. The number of likely N-dealkylation sites (tertiary alicyclic amines) is 1. The number of benzene rings is 1. The fourth-order valence-corrected chi connectivity index (χ4v) is 2.66. The van der Waals surface area contributed by atoms with Crippen LogP contribution in [0.1, 0.15) is 37.7 Å². The lowest BCUT2D eigenvalue weighted by atomic mass is 9.92. The van der Waals surface area contributed by atoms with Gasteiger partial charge in [-0.05, 0) is 37.7 Å². The first-order chi connectivity index (χ1) is 8.68. The van der Waals surface area contributed by atoms with Crippen molar-refractivity contribution in [1.82, 2.24) is 4.90 Å². The first-order valence-corrected chi connectivity index (χ1v) is 6.78. The number of nitrogens with two attached hydrogens (primary N) is 1. The molecule has 1 heterocycles. The van der Waals surface area contributed by atoms with Crippen LogP contribution in [0.2, 0.25) is 0 Å². The normalized spacial score (nSPS) is 22.3. The third kappa shape index (κ3) is 3.10. The molecule has 1 amide bonds. The summed E-state index contributed by atoms with van der Waals surface area (Å²) in [6.45, 7) is 3.45. The maximum atomic E-state index is 11.9. The average molecular weight is 246 g/mol. The number of rotatable bonds is 2. The van der Waals surface area contributed by atoms with Gasteiger partial charge in [0, 0.05) is 13.1 Å². The van der Waals surface area contributed by atoms with Gasteiger partial charge in [0.25, 0.3) is 0 Å². The topological polar surface area (TPSA) is 46.3 Å². The predicted molar refractivity (Wildman–Crippen MR) is 73.3 cm³/mol. The van der Waals surface area contributed by atoms with Crippen molar-refractivity contribution in [2.75, 3.05) is 13.1 Å². The molecule has 0 bridgehead atoms. The number of carbonyl (C=O) groups excluding carboxylic acids is 1. The van der Waals surface area contributed by atoms with Crippen molar-refractivity contribution >= 4 is 5.91 Å². The Bertz CT molecular complexity index is 389. The number of hydrogen-bond donors (Lipinski definition) is 1. The van der Waals surface area contributed by atoms with Gasteiger partial charge in [-0.2, -0.15) is 0 Å². The van der Waals surface area contributed by atoms with Crippen LogP contribution in [0.5, 0.6) is 0 Å². The maximum absolute atomic E-state index is 11.9. The van der Waals surface area contributed by atoms with Crippen molar-refractivity contribution in [2.45, 2.75) is 38.1 Å². The second-order valence-electron chi connectivity index (χ2n) is 5.15. The molecule has 3 nitrogen and oxygen atoms in total. The Balaban J connectivity index is 1.99. The Morgan fingerprint density at radius 2 is 2.00 bits per heavy atom. The molecule has 2 N–H and O–H groups in total. The Hall–Kier alpha value is -1.35. The molecule has 1 aliphatic rings. The zero-order valence-electron chi connectivity index (χ0n) is 11.0. The second-order valence-corrected chi connectivity index (χ2v) is 5.15. The lowest BCUT2D eigenvalue weighted by Crippen LogP contribution is -2.42. The van der Waals surface area contributed by atoms with Crippen LogP contribution in [0.25, 0.3) is 0 Å². The summed E-state index contributed by atoms with van der Waals surface area (Å²) in [6.07, 6.45) is 3.27. The summed E-state index contributed by atoms with van der Waals surface area (Å²) in [4.78, 5) is 13.8. The van der Waals surface area contributed by atoms with Crippen LogP contribution in [0.4, 0.5) is 0 Å². The monoisotopic (exact) mass is 246 g/mol. The Morgan fingerprint density at radius 3 is 2.67 bits per heavy atom. The van der Waals surface area contributed by atoms with E-state index in [9.17, 15) is 4.79 Å². The van der Waals surface area contributed by atoms with Gasteiger partial charge in [0.2, 0.25) is 5.91 Å². The molecular formula is C15H22N2O. The van der Waals surface area contributed by atoms with Crippen molar-refractivity contribution in [1.29, 1.82) is 0 Å². The summed E-state index contributed by atoms with van der Waals surface area (Å²) >= 11 is 0. The molecule has 1 aromatic carbocycles. The first kappa shape index (κ1) is 13.1. The van der Waals surface area contributed by atoms with Gasteiger partial charge >= 0.3 is 0 Å². The summed E-state index contributed by atoms with van der Waals surface area (Å²) in [5.41, 5.74) is 7.07. The van der Waals surface area contributed by atoms with Crippen molar-refractivity contribution < 1.29 is 4.79 Å². The molecule has 3 heteroatoms. The summed E-state index contributed by atoms with van der Waals surface area (Å²) < 4.78 is 0. The van der Waals surface area contributed by atoms with Gasteiger partial charge in [-0.1, -0.05) is 30.3 Å². The van der Waals surface area contributed by atoms with E-state index < -0.39 is 0 Å². The van der Waals surface area contributed by atoms with E-state index in [0.29, 0.717) is 5.92 Å². The second kappa shape index (κ2) is 6.01. The van der Waals surface area contributed by atoms with Crippen LogP contribution < -0.4 is 5.73 Å². The maximum Gasteiger partial charge on any atom is 0.239 e. The molecule has 18 heavy (non-hydrogen) atoms. The highest BCUT2D eigenvalue weighted by atomic mass is 16.2. The molecule has 0 aliphatic carbocycles. The van der Waals surface area contributed by atoms with Crippen molar-refractivity contribution in [3.8, 4) is 0 Å². The molecule has 0 saturated carbocycles. The predicted octanol–water partition coefficient (Wildman–Crippen LogP) is 2.13. The molecule has 1 aliphatic heterocycles. The molecule has 98 valence electrons. The fourth-order valence-electron chi connectivity index (χ4n) is 2.66. The van der Waals surface area contributed by atoms with Gasteiger partial charge in [0.15, 0.2) is 0 Å². The van der Waals surface area contributed by atoms with E-state index in [4.69, 9.17) is 5.73 Å². The van der Waals surface area contributed by atoms with Gasteiger partial charge in [0.05, 0.1) is 6.04 Å². The molecule has 0 spiro atoms. The van der Waals surface area contributed by atoms with Crippen LogP contribution in [-0.4, -0.2) is 29.9 Å². The minimum absolute atomic E-state index is 0.0868. The van der Waals surface area contributed by atoms with Crippen LogP contribution in [-0.2, 0) is 4.79 Å². The molecule has 1 aromatic rings. The van der Waals surface area contributed by atoms with Crippen LogP contribution in [0.15, 0.2) is 30.3 Å². The zero-order chi connectivity index (χ0) is 13.0. The largest absolute Gasteiger partial charge is 0.341 e. The third-order valence-electron chi connectivity index (χ3n) is 3.70. The number of carbonyl (C=O) groups is 1. The minimum atomic E-state index is -0.377. The van der Waals surface area contributed by atoms with Crippen LogP contribution in [0.3, 0.4) is 0 Å². The highest BCUT2D eigenvalue weighted by Gasteiger charge is 2.22. The van der Waals surface area contributed by atoms with Gasteiger partial charge in [-0.3, -0.25) is 4.79 Å². The third-order valence-corrected chi connectivity index (χ3v) is 3.70. The van der Waals surface area contributed by atoms with E-state index in [1.807, 2.05) is 11.0 Å². The molecule has 0 radical (unpaired) electrons. The quantitative estimate of drug-likeness (QED) is 0.869. The van der Waals surface area contributed by atoms with Gasteiger partial charge in [-0.25, -0.2) is 0 Å². The van der Waals surface area contributed by atoms with E-state index in [1.165, 1.54) is 5.56 Å². The molecule has 1 fully saturated rings. The lowest BCUT2D eigenvalue weighted by molar-refractivity contribution is -0.132. The number of nitrogens with zero attached hydrogens (tertiary/aromatic N) is 1. The first-order valence-electron chi connectivity index (χ1n) is 6.78. The molecular weight excluding hydrogens is 224 g/mol. The van der Waals surface area contributed by atoms with E-state index >= 15 is 0 Å². The molecule has 1 unspecified atom stereocenters. The van der Waals surface area contributed by atoms with Crippen molar-refractivity contribution in [3.63, 3.8) is 0 Å². The van der Waals surface area contributed by atoms with Gasteiger partial charge in [0.1, 0.15) is 0 Å². The van der Waals surface area contributed by atoms with Crippen LogP contribution in [0, 0.1) is 0 Å². The standard InChI is InChI=1S/C15H22N2O/c1-12(16)15(18)17-10-5-8-14(9-11-17)13-6-3-2-4-7-13/h2-4,6-7,12,14H,5,8-11,16H2,1H3/t12-,14?/m1/s1. The van der Waals surface area contributed by atoms with E-state index in [0.717, 1.165) is 32.4 Å². The Labute approximate surface area is 109 Å². The van der Waals surface area contributed by atoms with Crippen molar-refractivity contribution in [3.05, 3.63) is 35.9 Å². The molecule has 2 atom stereocenters. The van der Waals surface area contributed by atoms with Crippen LogP contribution >= 0.6 is 0 Å². The smallest absolute Gasteiger partial charge is 0.239 e. The highest BCUT2D eigenvalue weighted by Crippen LogP contribution is 2.27. The molecule has 2 rings (SSSR count). The van der Waals surface area contributed by atoms with Gasteiger partial charge in [-0.15, -0.1) is 0 Å². The highest BCUT2D eigenvalue weighted by molar-refractivity contribution is 5.81. The molecule has 1 saturated heterocycles. The minimum Gasteiger partial charge on any atom is -0.341 e. The van der Waals surface area contributed by atoms with Gasteiger partial charge < -0.3 is 10.6 Å². The molecule has 0 aromatic heterocycles. The van der Waals surface area contributed by atoms with Crippen molar-refractivity contribution in [2.24, 2.45) is 5.73 Å². The van der Waals surface area contributed by atoms with E-state index in [-0.39, 0.29) is 11.9 Å². The zero-order valence-corrected chi connectivity index (χ0v) is 11.0. The lowest BCUT2D eigenvalue weighted by Gasteiger charge is -2.22. The number of amides is 1. The summed E-state index contributed by atoms with van der Waals surface area (Å²) in [7, 11) is 0. The summed E-state index contributed by atoms with van der Waals surface area (Å²) in [6, 6.07) is 10.2. The van der Waals surface area contributed by atoms with E-state index in [1.54, 1.807) is 6.92 Å². The summed E-state index contributed by atoms with van der Waals surface area (Å²) in [5, 5.41) is 0. The number of hydrogen-bond acceptors (Lipinski definition) is 2. The Kier molecular flexibility index (Phi) is 4.37.